The Labute approximate surface area is 203 Å². The molecule has 0 bridgehead atoms. The minimum Gasteiger partial charge on any atom is -0.274 e. The summed E-state index contributed by atoms with van der Waals surface area (Å²) in [6.07, 6.45) is 10.5. The third kappa shape index (κ3) is 4.17. The van der Waals surface area contributed by atoms with Crippen molar-refractivity contribution < 1.29 is 19.2 Å². The molecule has 2 saturated heterocycles. The van der Waals surface area contributed by atoms with Gasteiger partial charge in [0.2, 0.25) is 23.6 Å². The van der Waals surface area contributed by atoms with E-state index < -0.39 is 11.8 Å². The highest BCUT2D eigenvalue weighted by Gasteiger charge is 2.51. The first-order valence-electron chi connectivity index (χ1n) is 12.0. The van der Waals surface area contributed by atoms with Gasteiger partial charge in [0.25, 0.3) is 0 Å². The molecule has 0 aromatic rings. The van der Waals surface area contributed by atoms with Gasteiger partial charge in [-0.05, 0) is 38.5 Å². The second kappa shape index (κ2) is 9.16. The van der Waals surface area contributed by atoms with Crippen LogP contribution >= 0.6 is 23.2 Å². The van der Waals surface area contributed by atoms with Crippen LogP contribution in [0.2, 0.25) is 0 Å². The van der Waals surface area contributed by atoms with Gasteiger partial charge in [-0.3, -0.25) is 33.9 Å². The van der Waals surface area contributed by atoms with Crippen molar-refractivity contribution >= 4 is 46.8 Å². The van der Waals surface area contributed by atoms with E-state index in [1.165, 1.54) is 9.80 Å². The van der Waals surface area contributed by atoms with Crippen LogP contribution in [0.5, 0.6) is 0 Å². The quantitative estimate of drug-likeness (QED) is 0.547. The van der Waals surface area contributed by atoms with Gasteiger partial charge in [0.05, 0.1) is 37.0 Å². The third-order valence-electron chi connectivity index (χ3n) is 8.06. The molecule has 4 atom stereocenters. The molecular weight excluding hydrogens is 465 g/mol. The maximum Gasteiger partial charge on any atom is 0.234 e. The highest BCUT2D eigenvalue weighted by atomic mass is 35.5. The minimum absolute atomic E-state index is 0.109. The summed E-state index contributed by atoms with van der Waals surface area (Å²) in [5, 5.41) is 1.26. The van der Waals surface area contributed by atoms with Gasteiger partial charge in [-0.15, -0.1) is 0 Å². The van der Waals surface area contributed by atoms with E-state index in [4.69, 9.17) is 23.2 Å². The molecule has 0 unspecified atom stereocenters. The first kappa shape index (κ1) is 23.1. The van der Waals surface area contributed by atoms with Crippen LogP contribution in [-0.4, -0.2) is 57.7 Å². The first-order chi connectivity index (χ1) is 15.8. The number of halogens is 2. The molecule has 0 aromatic carbocycles. The number of nitrogens with zero attached hydrogens (tertiary/aromatic N) is 3. The van der Waals surface area contributed by atoms with Gasteiger partial charge >= 0.3 is 0 Å². The number of amides is 4. The molecule has 0 N–H and O–H groups in total. The van der Waals surface area contributed by atoms with Crippen molar-refractivity contribution in [1.29, 1.82) is 0 Å². The van der Waals surface area contributed by atoms with E-state index in [0.29, 0.717) is 35.7 Å². The van der Waals surface area contributed by atoms with Crippen LogP contribution in [0.15, 0.2) is 22.2 Å². The number of hydrogen-bond acceptors (Lipinski definition) is 5. The molecule has 2 heterocycles. The molecule has 1 saturated carbocycles. The lowest BCUT2D eigenvalue weighted by Crippen LogP contribution is -2.52. The highest BCUT2D eigenvalue weighted by molar-refractivity contribution is 6.30. The third-order valence-corrected chi connectivity index (χ3v) is 8.68. The lowest BCUT2D eigenvalue weighted by atomic mass is 9.85. The molecule has 2 aliphatic heterocycles. The number of carbonyl (C=O) groups is 4. The maximum atomic E-state index is 13.1. The van der Waals surface area contributed by atoms with E-state index in [2.05, 4.69) is 0 Å². The van der Waals surface area contributed by atoms with Crippen molar-refractivity contribution in [2.45, 2.75) is 63.8 Å². The van der Waals surface area contributed by atoms with Gasteiger partial charge in [-0.1, -0.05) is 54.6 Å². The Hall–Kier alpha value is -1.70. The lowest BCUT2D eigenvalue weighted by molar-refractivity contribution is -0.147. The fourth-order valence-electron chi connectivity index (χ4n) is 6.16. The summed E-state index contributed by atoms with van der Waals surface area (Å²) in [4.78, 5) is 57.2. The average molecular weight is 494 g/mol. The van der Waals surface area contributed by atoms with Crippen LogP contribution in [-0.2, 0) is 19.2 Å². The van der Waals surface area contributed by atoms with Gasteiger partial charge in [-0.25, -0.2) is 0 Å². The Morgan fingerprint density at radius 1 is 0.697 bits per heavy atom. The van der Waals surface area contributed by atoms with Gasteiger partial charge < -0.3 is 0 Å². The molecule has 3 aliphatic carbocycles. The second-order valence-electron chi connectivity index (χ2n) is 9.98. The van der Waals surface area contributed by atoms with E-state index in [0.717, 1.165) is 32.1 Å². The molecule has 0 spiro atoms. The van der Waals surface area contributed by atoms with Crippen LogP contribution in [0.25, 0.3) is 0 Å². The predicted octanol–water partition coefficient (Wildman–Crippen LogP) is 3.57. The van der Waals surface area contributed by atoms with E-state index in [1.807, 2.05) is 17.1 Å². The SMILES string of the molecule is O=C1[C@H]2CC=C(Cl)C[C@@H]2C(=O)N1CN(CN1C(=O)[C@H]2CC=C(Cl)C[C@@H]2C1=O)C1CCCCC1. The Morgan fingerprint density at radius 2 is 1.12 bits per heavy atom. The van der Waals surface area contributed by atoms with E-state index in [-0.39, 0.29) is 54.8 Å². The standard InChI is InChI=1S/C24H29Cl2N3O4/c25-14-6-8-17-19(10-14)23(32)28(21(17)30)12-27(16-4-2-1-3-5-16)13-29-22(31)18-9-7-15(26)11-20(18)24(29)33/h6-7,16-20H,1-5,8-13H2/t17-,18-,19-,20-/m0/s1. The highest BCUT2D eigenvalue weighted by Crippen LogP contribution is 2.41. The summed E-state index contributed by atoms with van der Waals surface area (Å²) in [7, 11) is 0. The molecule has 178 valence electrons. The molecule has 0 aromatic heterocycles. The Balaban J connectivity index is 1.35. The van der Waals surface area contributed by atoms with Crippen LogP contribution in [0, 0.1) is 23.7 Å². The smallest absolute Gasteiger partial charge is 0.234 e. The van der Waals surface area contributed by atoms with Crippen molar-refractivity contribution in [3.05, 3.63) is 22.2 Å². The number of likely N-dealkylation sites (tertiary alicyclic amines) is 2. The topological polar surface area (TPSA) is 78.0 Å². The Morgan fingerprint density at radius 3 is 1.58 bits per heavy atom. The summed E-state index contributed by atoms with van der Waals surface area (Å²) in [5.74, 6) is -2.27. The largest absolute Gasteiger partial charge is 0.274 e. The second-order valence-corrected chi connectivity index (χ2v) is 11.0. The van der Waals surface area contributed by atoms with Crippen LogP contribution in [0.4, 0.5) is 0 Å². The van der Waals surface area contributed by atoms with E-state index in [1.54, 1.807) is 0 Å². The first-order valence-corrected chi connectivity index (χ1v) is 12.7. The number of carbonyl (C=O) groups excluding carboxylic acids is 4. The number of rotatable bonds is 5. The summed E-state index contributed by atoms with van der Waals surface area (Å²) >= 11 is 12.3. The average Bonchev–Trinajstić information content (AvgIpc) is 3.18. The summed E-state index contributed by atoms with van der Waals surface area (Å²) in [6, 6.07) is 0.119. The molecule has 3 fully saturated rings. The zero-order valence-electron chi connectivity index (χ0n) is 18.6. The monoisotopic (exact) mass is 493 g/mol. The predicted molar refractivity (Wildman–Crippen MR) is 122 cm³/mol. The van der Waals surface area contributed by atoms with Crippen LogP contribution in [0.3, 0.4) is 0 Å². The lowest BCUT2D eigenvalue weighted by Gasteiger charge is -2.38. The minimum atomic E-state index is -0.408. The van der Waals surface area contributed by atoms with Gasteiger partial charge in [-0.2, -0.15) is 0 Å². The number of hydrogen-bond donors (Lipinski definition) is 0. The van der Waals surface area contributed by atoms with Crippen molar-refractivity contribution in [1.82, 2.24) is 14.7 Å². The van der Waals surface area contributed by atoms with Crippen molar-refractivity contribution in [3.8, 4) is 0 Å². The zero-order valence-corrected chi connectivity index (χ0v) is 20.1. The van der Waals surface area contributed by atoms with Gasteiger partial charge in [0.1, 0.15) is 0 Å². The van der Waals surface area contributed by atoms with Crippen molar-refractivity contribution in [2.24, 2.45) is 23.7 Å². The molecule has 4 amide bonds. The van der Waals surface area contributed by atoms with E-state index >= 15 is 0 Å². The number of fused-ring (bicyclic) bond motifs is 2. The van der Waals surface area contributed by atoms with Crippen molar-refractivity contribution in [2.75, 3.05) is 13.3 Å². The number of imide groups is 2. The molecular formula is C24H29Cl2N3O4. The van der Waals surface area contributed by atoms with Crippen LogP contribution in [0.1, 0.15) is 57.8 Å². The molecule has 33 heavy (non-hydrogen) atoms. The molecule has 0 radical (unpaired) electrons. The Bertz CT molecular complexity index is 876. The molecule has 7 nitrogen and oxygen atoms in total. The summed E-state index contributed by atoms with van der Waals surface area (Å²) in [5.41, 5.74) is 0. The van der Waals surface area contributed by atoms with Gasteiger partial charge in [0.15, 0.2) is 0 Å². The zero-order chi connectivity index (χ0) is 23.3. The maximum absolute atomic E-state index is 13.1. The van der Waals surface area contributed by atoms with Crippen LogP contribution < -0.4 is 0 Å². The fourth-order valence-corrected chi connectivity index (χ4v) is 6.67. The summed E-state index contributed by atoms with van der Waals surface area (Å²) < 4.78 is 0. The number of allylic oxidation sites excluding steroid dienone is 4. The Kier molecular flexibility index (Phi) is 6.40. The fraction of sp³-hybridized carbons (Fsp3) is 0.667. The van der Waals surface area contributed by atoms with Gasteiger partial charge in [0, 0.05) is 16.1 Å². The molecule has 9 heteroatoms. The summed E-state index contributed by atoms with van der Waals surface area (Å²) in [6.45, 7) is 0.219. The molecule has 5 rings (SSSR count). The normalized spacial score (nSPS) is 32.9. The van der Waals surface area contributed by atoms with Crippen molar-refractivity contribution in [3.63, 3.8) is 0 Å². The molecule has 5 aliphatic rings. The van der Waals surface area contributed by atoms with E-state index in [9.17, 15) is 19.2 Å².